The molecule has 23 heavy (non-hydrogen) atoms. The molecule has 3 rings (SSSR count). The minimum absolute atomic E-state index is 0.0716. The smallest absolute Gasteiger partial charge is 0.255 e. The maximum absolute atomic E-state index is 12.6. The van der Waals surface area contributed by atoms with Crippen LogP contribution in [0.15, 0.2) is 47.2 Å². The first-order valence-electron chi connectivity index (χ1n) is 7.89. The minimum atomic E-state index is 0.0716. The lowest BCUT2D eigenvalue weighted by Gasteiger charge is -2.30. The lowest BCUT2D eigenvalue weighted by atomic mass is 9.99. The van der Waals surface area contributed by atoms with Crippen molar-refractivity contribution in [1.29, 1.82) is 0 Å². The van der Waals surface area contributed by atoms with Gasteiger partial charge in [-0.15, -0.1) is 0 Å². The number of aromatic nitrogens is 1. The van der Waals surface area contributed by atoms with Gasteiger partial charge in [0.25, 0.3) is 5.91 Å². The monoisotopic (exact) mass is 373 g/mol. The summed E-state index contributed by atoms with van der Waals surface area (Å²) >= 11 is 3.45. The molecule has 1 N–H and O–H groups in total. The molecule has 0 atom stereocenters. The highest BCUT2D eigenvalue weighted by molar-refractivity contribution is 9.10. The molecule has 0 radical (unpaired) electrons. The number of carbonyl (C=O) groups is 1. The van der Waals surface area contributed by atoms with Crippen molar-refractivity contribution in [3.05, 3.63) is 52.8 Å². The fraction of sp³-hybridized carbons (Fsp3) is 0.333. The van der Waals surface area contributed by atoms with Gasteiger partial charge in [0.05, 0.1) is 17.4 Å². The largest absolute Gasteiger partial charge is 0.354 e. The van der Waals surface area contributed by atoms with Crippen molar-refractivity contribution in [3.63, 3.8) is 0 Å². The number of nitrogens with one attached hydrogen (secondary N) is 1. The van der Waals surface area contributed by atoms with Crippen LogP contribution in [0.1, 0.15) is 30.1 Å². The van der Waals surface area contributed by atoms with Gasteiger partial charge in [-0.2, -0.15) is 0 Å². The SMILES string of the molecule is CC1CCN(C(=O)c2cncc(Nc3cccc(Br)c3)c2)CC1. The van der Waals surface area contributed by atoms with Crippen LogP contribution in [-0.4, -0.2) is 28.9 Å². The zero-order valence-corrected chi connectivity index (χ0v) is 14.7. The fourth-order valence-corrected chi connectivity index (χ4v) is 3.15. The molecule has 1 aromatic heterocycles. The third kappa shape index (κ3) is 4.10. The van der Waals surface area contributed by atoms with E-state index in [9.17, 15) is 4.79 Å². The summed E-state index contributed by atoms with van der Waals surface area (Å²) in [6, 6.07) is 9.77. The summed E-state index contributed by atoms with van der Waals surface area (Å²) in [6.07, 6.45) is 5.53. The van der Waals surface area contributed by atoms with Crippen LogP contribution in [0.2, 0.25) is 0 Å². The third-order valence-corrected chi connectivity index (χ3v) is 4.66. The van der Waals surface area contributed by atoms with E-state index in [1.165, 1.54) is 0 Å². The number of hydrogen-bond acceptors (Lipinski definition) is 3. The Bertz CT molecular complexity index is 696. The quantitative estimate of drug-likeness (QED) is 0.863. The van der Waals surface area contributed by atoms with Crippen molar-refractivity contribution in [2.75, 3.05) is 18.4 Å². The van der Waals surface area contributed by atoms with Crippen LogP contribution in [-0.2, 0) is 0 Å². The molecule has 1 fully saturated rings. The van der Waals surface area contributed by atoms with E-state index in [2.05, 4.69) is 33.2 Å². The molecule has 120 valence electrons. The van der Waals surface area contributed by atoms with Gasteiger partial charge < -0.3 is 10.2 Å². The van der Waals surface area contributed by atoms with Gasteiger partial charge in [-0.1, -0.05) is 28.9 Å². The molecule has 4 nitrogen and oxygen atoms in total. The number of rotatable bonds is 3. The van der Waals surface area contributed by atoms with Gasteiger partial charge in [0.2, 0.25) is 0 Å². The molecule has 0 aliphatic carbocycles. The molecular formula is C18H20BrN3O. The second-order valence-electron chi connectivity index (χ2n) is 6.07. The molecule has 5 heteroatoms. The lowest BCUT2D eigenvalue weighted by molar-refractivity contribution is 0.0697. The number of halogens is 1. The number of hydrogen-bond donors (Lipinski definition) is 1. The summed E-state index contributed by atoms with van der Waals surface area (Å²) < 4.78 is 1.00. The molecule has 1 saturated heterocycles. The van der Waals surface area contributed by atoms with Gasteiger partial charge in [0.15, 0.2) is 0 Å². The Kier molecular flexibility index (Phi) is 4.96. The standard InChI is InChI=1S/C18H20BrN3O/c1-13-5-7-22(8-6-13)18(23)14-9-17(12-20-11-14)21-16-4-2-3-15(19)10-16/h2-4,9-13,21H,5-8H2,1H3. The van der Waals surface area contributed by atoms with Crippen LogP contribution in [0.4, 0.5) is 11.4 Å². The number of pyridine rings is 1. The molecule has 0 saturated carbocycles. The van der Waals surface area contributed by atoms with E-state index >= 15 is 0 Å². The number of nitrogens with zero attached hydrogens (tertiary/aromatic N) is 2. The minimum Gasteiger partial charge on any atom is -0.354 e. The number of piperidine rings is 1. The first-order chi connectivity index (χ1) is 11.1. The van der Waals surface area contributed by atoms with Gasteiger partial charge in [-0.05, 0) is 43.0 Å². The Morgan fingerprint density at radius 2 is 2.00 bits per heavy atom. The van der Waals surface area contributed by atoms with Gasteiger partial charge in [0.1, 0.15) is 0 Å². The van der Waals surface area contributed by atoms with Crippen LogP contribution in [0.5, 0.6) is 0 Å². The van der Waals surface area contributed by atoms with Crippen LogP contribution in [0, 0.1) is 5.92 Å². The molecule has 1 aliphatic rings. The second-order valence-corrected chi connectivity index (χ2v) is 6.99. The van der Waals surface area contributed by atoms with Crippen molar-refractivity contribution in [2.24, 2.45) is 5.92 Å². The van der Waals surface area contributed by atoms with E-state index in [4.69, 9.17) is 0 Å². The molecule has 2 aromatic rings. The summed E-state index contributed by atoms with van der Waals surface area (Å²) in [4.78, 5) is 18.8. The number of amides is 1. The van der Waals surface area contributed by atoms with Crippen molar-refractivity contribution >= 4 is 33.2 Å². The summed E-state index contributed by atoms with van der Waals surface area (Å²) in [5.74, 6) is 0.781. The zero-order chi connectivity index (χ0) is 16.2. The van der Waals surface area contributed by atoms with E-state index in [0.29, 0.717) is 11.5 Å². The molecule has 0 unspecified atom stereocenters. The number of anilines is 2. The van der Waals surface area contributed by atoms with Crippen molar-refractivity contribution in [2.45, 2.75) is 19.8 Å². The van der Waals surface area contributed by atoms with E-state index in [1.54, 1.807) is 12.4 Å². The normalized spacial score (nSPS) is 15.5. The van der Waals surface area contributed by atoms with E-state index in [0.717, 1.165) is 41.8 Å². The van der Waals surface area contributed by atoms with Crippen LogP contribution >= 0.6 is 15.9 Å². The average Bonchev–Trinajstić information content (AvgIpc) is 2.55. The second kappa shape index (κ2) is 7.13. The Morgan fingerprint density at radius 1 is 1.22 bits per heavy atom. The predicted molar refractivity (Wildman–Crippen MR) is 96.0 cm³/mol. The molecule has 1 amide bonds. The zero-order valence-electron chi connectivity index (χ0n) is 13.1. The molecule has 0 bridgehead atoms. The van der Waals surface area contributed by atoms with Crippen LogP contribution < -0.4 is 5.32 Å². The Hall–Kier alpha value is -1.88. The number of likely N-dealkylation sites (tertiary alicyclic amines) is 1. The highest BCUT2D eigenvalue weighted by Crippen LogP contribution is 2.22. The maximum atomic E-state index is 12.6. The van der Waals surface area contributed by atoms with Crippen molar-refractivity contribution < 1.29 is 4.79 Å². The highest BCUT2D eigenvalue weighted by atomic mass is 79.9. The number of benzene rings is 1. The topological polar surface area (TPSA) is 45.2 Å². The van der Waals surface area contributed by atoms with E-state index in [-0.39, 0.29) is 5.91 Å². The predicted octanol–water partition coefficient (Wildman–Crippen LogP) is 4.46. The van der Waals surface area contributed by atoms with Gasteiger partial charge in [0, 0.05) is 29.4 Å². The van der Waals surface area contributed by atoms with Crippen LogP contribution in [0.25, 0.3) is 0 Å². The summed E-state index contributed by atoms with van der Waals surface area (Å²) in [5.41, 5.74) is 2.41. The Labute approximate surface area is 145 Å². The first-order valence-corrected chi connectivity index (χ1v) is 8.68. The first kappa shape index (κ1) is 16.0. The summed E-state index contributed by atoms with van der Waals surface area (Å²) in [5, 5.41) is 3.29. The molecule has 1 aliphatic heterocycles. The maximum Gasteiger partial charge on any atom is 0.255 e. The molecular weight excluding hydrogens is 354 g/mol. The lowest BCUT2D eigenvalue weighted by Crippen LogP contribution is -2.37. The van der Waals surface area contributed by atoms with Gasteiger partial charge in [-0.25, -0.2) is 0 Å². The van der Waals surface area contributed by atoms with Gasteiger partial charge >= 0.3 is 0 Å². The fourth-order valence-electron chi connectivity index (χ4n) is 2.75. The highest BCUT2D eigenvalue weighted by Gasteiger charge is 2.21. The van der Waals surface area contributed by atoms with E-state index in [1.807, 2.05) is 35.2 Å². The van der Waals surface area contributed by atoms with Crippen LogP contribution in [0.3, 0.4) is 0 Å². The molecule has 2 heterocycles. The number of carbonyl (C=O) groups excluding carboxylic acids is 1. The summed E-state index contributed by atoms with van der Waals surface area (Å²) in [7, 11) is 0. The summed E-state index contributed by atoms with van der Waals surface area (Å²) in [6.45, 7) is 3.92. The average molecular weight is 374 g/mol. The Balaban J connectivity index is 1.73. The third-order valence-electron chi connectivity index (χ3n) is 4.17. The van der Waals surface area contributed by atoms with Crippen molar-refractivity contribution in [1.82, 2.24) is 9.88 Å². The van der Waals surface area contributed by atoms with Crippen molar-refractivity contribution in [3.8, 4) is 0 Å². The van der Waals surface area contributed by atoms with Gasteiger partial charge in [-0.3, -0.25) is 9.78 Å². The Morgan fingerprint density at radius 3 is 2.74 bits per heavy atom. The van der Waals surface area contributed by atoms with E-state index < -0.39 is 0 Å². The molecule has 0 spiro atoms. The molecule has 1 aromatic carbocycles.